The summed E-state index contributed by atoms with van der Waals surface area (Å²) in [6.07, 6.45) is 5.34. The Labute approximate surface area is 131 Å². The quantitative estimate of drug-likeness (QED) is 0.790. The Hall–Kier alpha value is -2.14. The molecule has 0 saturated heterocycles. The average molecular weight is 301 g/mol. The van der Waals surface area contributed by atoms with Gasteiger partial charge in [0.2, 0.25) is 0 Å². The molecule has 0 atom stereocenters. The van der Waals surface area contributed by atoms with E-state index >= 15 is 0 Å². The van der Waals surface area contributed by atoms with Crippen LogP contribution in [-0.2, 0) is 4.74 Å². The maximum absolute atomic E-state index is 12.6. The molecule has 0 N–H and O–H groups in total. The van der Waals surface area contributed by atoms with Crippen molar-refractivity contribution in [2.24, 2.45) is 5.92 Å². The van der Waals surface area contributed by atoms with Crippen LogP contribution in [0.2, 0.25) is 0 Å². The van der Waals surface area contributed by atoms with E-state index in [1.165, 1.54) is 0 Å². The first-order valence-corrected chi connectivity index (χ1v) is 7.48. The van der Waals surface area contributed by atoms with Crippen molar-refractivity contribution in [3.8, 4) is 5.69 Å². The Kier molecular flexibility index (Phi) is 5.72. The van der Waals surface area contributed by atoms with Crippen molar-refractivity contribution in [2.45, 2.75) is 13.8 Å². The minimum atomic E-state index is 0.0444. The molecule has 1 aromatic carbocycles. The molecule has 0 aliphatic carbocycles. The second kappa shape index (κ2) is 7.75. The molecular formula is C17H23N3O2. The van der Waals surface area contributed by atoms with Crippen molar-refractivity contribution in [3.05, 3.63) is 48.5 Å². The van der Waals surface area contributed by atoms with Gasteiger partial charge in [-0.3, -0.25) is 4.79 Å². The standard InChI is InChI=1S/C17H23N3O2/c1-14(2)12-19(10-11-22-3)17(21)15-4-6-16(7-5-15)20-9-8-18-13-20/h4-9,13-14H,10-12H2,1-3H3. The monoisotopic (exact) mass is 301 g/mol. The van der Waals surface area contributed by atoms with Crippen molar-refractivity contribution < 1.29 is 9.53 Å². The normalized spacial score (nSPS) is 10.9. The lowest BCUT2D eigenvalue weighted by Gasteiger charge is -2.24. The Morgan fingerprint density at radius 1 is 1.32 bits per heavy atom. The molecule has 118 valence electrons. The molecule has 0 fully saturated rings. The summed E-state index contributed by atoms with van der Waals surface area (Å²) < 4.78 is 7.01. The minimum Gasteiger partial charge on any atom is -0.383 e. The van der Waals surface area contributed by atoms with Gasteiger partial charge in [0.1, 0.15) is 0 Å². The third-order valence-corrected chi connectivity index (χ3v) is 3.35. The Morgan fingerprint density at radius 2 is 2.05 bits per heavy atom. The zero-order valence-corrected chi connectivity index (χ0v) is 13.4. The number of nitrogens with zero attached hydrogens (tertiary/aromatic N) is 3. The number of imidazole rings is 1. The average Bonchev–Trinajstić information content (AvgIpc) is 3.05. The molecule has 0 radical (unpaired) electrons. The van der Waals surface area contributed by atoms with E-state index in [0.717, 1.165) is 12.2 Å². The third kappa shape index (κ3) is 4.18. The first kappa shape index (κ1) is 16.2. The van der Waals surface area contributed by atoms with Gasteiger partial charge >= 0.3 is 0 Å². The fourth-order valence-corrected chi connectivity index (χ4v) is 2.29. The van der Waals surface area contributed by atoms with E-state index in [1.54, 1.807) is 19.6 Å². The van der Waals surface area contributed by atoms with Crippen molar-refractivity contribution in [2.75, 3.05) is 26.8 Å². The maximum atomic E-state index is 12.6. The molecule has 1 heterocycles. The lowest BCUT2D eigenvalue weighted by Crippen LogP contribution is -2.36. The van der Waals surface area contributed by atoms with E-state index in [4.69, 9.17) is 4.74 Å². The van der Waals surface area contributed by atoms with Crippen LogP contribution >= 0.6 is 0 Å². The summed E-state index contributed by atoms with van der Waals surface area (Å²) in [5.74, 6) is 0.467. The van der Waals surface area contributed by atoms with E-state index in [2.05, 4.69) is 18.8 Å². The summed E-state index contributed by atoms with van der Waals surface area (Å²) in [6.45, 7) is 6.10. The number of benzene rings is 1. The number of hydrogen-bond acceptors (Lipinski definition) is 3. The fourth-order valence-electron chi connectivity index (χ4n) is 2.29. The van der Waals surface area contributed by atoms with Gasteiger partial charge in [0.25, 0.3) is 5.91 Å². The van der Waals surface area contributed by atoms with Gasteiger partial charge in [-0.1, -0.05) is 13.8 Å². The highest BCUT2D eigenvalue weighted by molar-refractivity contribution is 5.94. The van der Waals surface area contributed by atoms with E-state index in [9.17, 15) is 4.79 Å². The molecule has 2 aromatic rings. The zero-order valence-electron chi connectivity index (χ0n) is 13.4. The van der Waals surface area contributed by atoms with E-state index in [1.807, 2.05) is 39.9 Å². The largest absolute Gasteiger partial charge is 0.383 e. The van der Waals surface area contributed by atoms with Crippen LogP contribution in [0.1, 0.15) is 24.2 Å². The molecule has 0 saturated carbocycles. The first-order chi connectivity index (χ1) is 10.6. The Balaban J connectivity index is 2.12. The van der Waals surface area contributed by atoms with Crippen LogP contribution in [0.4, 0.5) is 0 Å². The van der Waals surface area contributed by atoms with Gasteiger partial charge in [0.15, 0.2) is 0 Å². The highest BCUT2D eigenvalue weighted by atomic mass is 16.5. The van der Waals surface area contributed by atoms with Crippen LogP contribution in [0.3, 0.4) is 0 Å². The van der Waals surface area contributed by atoms with Gasteiger partial charge in [-0.2, -0.15) is 0 Å². The Morgan fingerprint density at radius 3 is 2.59 bits per heavy atom. The van der Waals surface area contributed by atoms with Crippen LogP contribution in [0.25, 0.3) is 5.69 Å². The van der Waals surface area contributed by atoms with Gasteiger partial charge in [-0.05, 0) is 30.2 Å². The van der Waals surface area contributed by atoms with Crippen LogP contribution in [-0.4, -0.2) is 47.2 Å². The molecule has 0 aliphatic rings. The molecule has 1 aromatic heterocycles. The van der Waals surface area contributed by atoms with Crippen molar-refractivity contribution in [1.82, 2.24) is 14.5 Å². The highest BCUT2D eigenvalue weighted by Crippen LogP contribution is 2.12. The van der Waals surface area contributed by atoms with Gasteiger partial charge in [0, 0.05) is 43.8 Å². The number of carbonyl (C=O) groups is 1. The summed E-state index contributed by atoms with van der Waals surface area (Å²) in [7, 11) is 1.65. The second-order valence-corrected chi connectivity index (χ2v) is 5.65. The van der Waals surface area contributed by atoms with E-state index < -0.39 is 0 Å². The predicted molar refractivity (Wildman–Crippen MR) is 86.2 cm³/mol. The Bertz CT molecular complexity index is 576. The van der Waals surface area contributed by atoms with Crippen LogP contribution in [0.15, 0.2) is 43.0 Å². The van der Waals surface area contributed by atoms with Crippen molar-refractivity contribution in [3.63, 3.8) is 0 Å². The minimum absolute atomic E-state index is 0.0444. The van der Waals surface area contributed by atoms with Gasteiger partial charge in [-0.15, -0.1) is 0 Å². The van der Waals surface area contributed by atoms with Crippen molar-refractivity contribution in [1.29, 1.82) is 0 Å². The summed E-state index contributed by atoms with van der Waals surface area (Å²) in [5.41, 5.74) is 1.68. The van der Waals surface area contributed by atoms with E-state index in [0.29, 0.717) is 24.6 Å². The zero-order chi connectivity index (χ0) is 15.9. The SMILES string of the molecule is COCCN(CC(C)C)C(=O)c1ccc(-n2ccnc2)cc1. The number of aromatic nitrogens is 2. The number of carbonyl (C=O) groups excluding carboxylic acids is 1. The first-order valence-electron chi connectivity index (χ1n) is 7.48. The number of amides is 1. The van der Waals surface area contributed by atoms with E-state index in [-0.39, 0.29) is 5.91 Å². The molecule has 5 nitrogen and oxygen atoms in total. The van der Waals surface area contributed by atoms with Crippen LogP contribution < -0.4 is 0 Å². The molecule has 2 rings (SSSR count). The third-order valence-electron chi connectivity index (χ3n) is 3.35. The van der Waals surface area contributed by atoms with Gasteiger partial charge in [0.05, 0.1) is 12.9 Å². The molecule has 22 heavy (non-hydrogen) atoms. The lowest BCUT2D eigenvalue weighted by atomic mass is 10.1. The summed E-state index contributed by atoms with van der Waals surface area (Å²) in [6, 6.07) is 7.58. The van der Waals surface area contributed by atoms with Crippen molar-refractivity contribution >= 4 is 5.91 Å². The molecule has 0 spiro atoms. The molecular weight excluding hydrogens is 278 g/mol. The predicted octanol–water partition coefficient (Wildman–Crippen LogP) is 2.62. The number of ether oxygens (including phenoxy) is 1. The maximum Gasteiger partial charge on any atom is 0.253 e. The molecule has 0 aliphatic heterocycles. The second-order valence-electron chi connectivity index (χ2n) is 5.65. The smallest absolute Gasteiger partial charge is 0.253 e. The number of rotatable bonds is 7. The lowest BCUT2D eigenvalue weighted by molar-refractivity contribution is 0.0672. The van der Waals surface area contributed by atoms with Crippen LogP contribution in [0.5, 0.6) is 0 Å². The highest BCUT2D eigenvalue weighted by Gasteiger charge is 2.16. The summed E-state index contributed by atoms with van der Waals surface area (Å²) in [4.78, 5) is 18.5. The van der Waals surface area contributed by atoms with Gasteiger partial charge in [-0.25, -0.2) is 4.98 Å². The number of hydrogen-bond donors (Lipinski definition) is 0. The summed E-state index contributed by atoms with van der Waals surface area (Å²) >= 11 is 0. The van der Waals surface area contributed by atoms with Crippen LogP contribution in [0, 0.1) is 5.92 Å². The fraction of sp³-hybridized carbons (Fsp3) is 0.412. The molecule has 1 amide bonds. The summed E-state index contributed by atoms with van der Waals surface area (Å²) in [5, 5.41) is 0. The van der Waals surface area contributed by atoms with Gasteiger partial charge < -0.3 is 14.2 Å². The topological polar surface area (TPSA) is 47.4 Å². The molecule has 0 bridgehead atoms. The number of methoxy groups -OCH3 is 1. The molecule has 0 unspecified atom stereocenters. The molecule has 5 heteroatoms.